The molecule has 0 saturated heterocycles. The van der Waals surface area contributed by atoms with Crippen LogP contribution in [0.4, 0.5) is 5.69 Å². The molecule has 3 rings (SSSR count). The lowest BCUT2D eigenvalue weighted by Crippen LogP contribution is -2.43. The summed E-state index contributed by atoms with van der Waals surface area (Å²) < 4.78 is 5.35. The van der Waals surface area contributed by atoms with Crippen LogP contribution in [-0.2, 0) is 0 Å². The Balaban J connectivity index is 1.72. The Bertz CT molecular complexity index is 413. The molecular weight excluding hydrogens is 198 g/mol. The zero-order chi connectivity index (χ0) is 11.0. The Kier molecular flexibility index (Phi) is 2.35. The maximum atomic E-state index is 5.35. The Morgan fingerprint density at radius 3 is 3.00 bits per heavy atom. The molecule has 2 aliphatic carbocycles. The van der Waals surface area contributed by atoms with Crippen molar-refractivity contribution in [2.45, 2.75) is 18.9 Å². The summed E-state index contributed by atoms with van der Waals surface area (Å²) >= 11 is 0. The first-order chi connectivity index (χ1) is 7.88. The van der Waals surface area contributed by atoms with Gasteiger partial charge in [-0.1, -0.05) is 24.3 Å². The summed E-state index contributed by atoms with van der Waals surface area (Å²) in [4.78, 5) is 0. The van der Waals surface area contributed by atoms with Crippen LogP contribution in [0.3, 0.4) is 0 Å². The van der Waals surface area contributed by atoms with Crippen LogP contribution in [0.25, 0.3) is 0 Å². The van der Waals surface area contributed by atoms with E-state index in [9.17, 15) is 0 Å². The molecule has 1 N–H and O–H groups in total. The van der Waals surface area contributed by atoms with Gasteiger partial charge in [0.1, 0.15) is 5.75 Å². The molecule has 0 bridgehead atoms. The van der Waals surface area contributed by atoms with E-state index in [0.29, 0.717) is 6.04 Å². The van der Waals surface area contributed by atoms with Gasteiger partial charge in [-0.15, -0.1) is 0 Å². The Morgan fingerprint density at radius 2 is 2.19 bits per heavy atom. The molecule has 0 heterocycles. The van der Waals surface area contributed by atoms with Gasteiger partial charge in [-0.05, 0) is 30.9 Å². The summed E-state index contributed by atoms with van der Waals surface area (Å²) in [6, 6.07) is 8.74. The van der Waals surface area contributed by atoms with Crippen LogP contribution < -0.4 is 10.1 Å². The Morgan fingerprint density at radius 1 is 1.31 bits per heavy atom. The number of rotatable bonds is 3. The van der Waals surface area contributed by atoms with Gasteiger partial charge >= 0.3 is 0 Å². The van der Waals surface area contributed by atoms with Gasteiger partial charge < -0.3 is 10.1 Å². The van der Waals surface area contributed by atoms with Crippen molar-refractivity contribution in [1.82, 2.24) is 0 Å². The second kappa shape index (κ2) is 3.85. The quantitative estimate of drug-likeness (QED) is 0.782. The van der Waals surface area contributed by atoms with E-state index in [1.807, 2.05) is 18.2 Å². The molecular formula is C14H17NO. The summed E-state index contributed by atoms with van der Waals surface area (Å²) in [7, 11) is 1.72. The molecule has 0 spiro atoms. The SMILES string of the molecule is COc1ccccc1NC1CC2CC=CC21. The van der Waals surface area contributed by atoms with E-state index in [1.54, 1.807) is 7.11 Å². The molecule has 3 atom stereocenters. The molecule has 0 aromatic heterocycles. The van der Waals surface area contributed by atoms with Gasteiger partial charge in [0.05, 0.1) is 12.8 Å². The summed E-state index contributed by atoms with van der Waals surface area (Å²) in [5.74, 6) is 2.57. The lowest BCUT2D eigenvalue weighted by Gasteiger charge is -2.41. The zero-order valence-electron chi connectivity index (χ0n) is 9.52. The standard InChI is InChI=1S/C14H17NO/c1-16-14-8-3-2-7-12(14)15-13-9-10-5-4-6-11(10)13/h2-4,6-8,10-11,13,15H,5,9H2,1H3. The average molecular weight is 215 g/mol. The van der Waals surface area contributed by atoms with Gasteiger partial charge in [-0.25, -0.2) is 0 Å². The lowest BCUT2D eigenvalue weighted by molar-refractivity contribution is 0.217. The topological polar surface area (TPSA) is 21.3 Å². The summed E-state index contributed by atoms with van der Waals surface area (Å²) in [5.41, 5.74) is 1.12. The molecule has 2 nitrogen and oxygen atoms in total. The van der Waals surface area contributed by atoms with E-state index >= 15 is 0 Å². The normalized spacial score (nSPS) is 30.7. The highest BCUT2D eigenvalue weighted by Crippen LogP contribution is 2.44. The van der Waals surface area contributed by atoms with E-state index in [2.05, 4.69) is 23.5 Å². The predicted molar refractivity (Wildman–Crippen MR) is 65.8 cm³/mol. The van der Waals surface area contributed by atoms with Crippen molar-refractivity contribution < 1.29 is 4.74 Å². The van der Waals surface area contributed by atoms with Crippen LogP contribution in [0.1, 0.15) is 12.8 Å². The maximum absolute atomic E-state index is 5.35. The third kappa shape index (κ3) is 1.49. The summed E-state index contributed by atoms with van der Waals surface area (Å²) in [6.07, 6.45) is 7.24. The van der Waals surface area contributed by atoms with Crippen LogP contribution in [0.5, 0.6) is 5.75 Å². The molecule has 2 heteroatoms. The molecule has 3 unspecified atom stereocenters. The molecule has 0 amide bonds. The maximum Gasteiger partial charge on any atom is 0.141 e. The minimum atomic E-state index is 0.597. The minimum Gasteiger partial charge on any atom is -0.495 e. The van der Waals surface area contributed by atoms with E-state index in [-0.39, 0.29) is 0 Å². The van der Waals surface area contributed by atoms with Gasteiger partial charge in [0, 0.05) is 12.0 Å². The third-order valence-corrected chi connectivity index (χ3v) is 3.81. The highest BCUT2D eigenvalue weighted by atomic mass is 16.5. The fourth-order valence-electron chi connectivity index (χ4n) is 2.85. The van der Waals surface area contributed by atoms with Gasteiger partial charge in [-0.2, -0.15) is 0 Å². The van der Waals surface area contributed by atoms with Crippen LogP contribution in [0.15, 0.2) is 36.4 Å². The first-order valence-corrected chi connectivity index (χ1v) is 5.94. The highest BCUT2D eigenvalue weighted by Gasteiger charge is 2.41. The molecule has 1 aromatic carbocycles. The number of hydrogen-bond acceptors (Lipinski definition) is 2. The fourth-order valence-corrected chi connectivity index (χ4v) is 2.85. The van der Waals surface area contributed by atoms with Crippen molar-refractivity contribution in [3.8, 4) is 5.75 Å². The minimum absolute atomic E-state index is 0.597. The highest BCUT2D eigenvalue weighted by molar-refractivity contribution is 5.57. The van der Waals surface area contributed by atoms with Crippen LogP contribution >= 0.6 is 0 Å². The van der Waals surface area contributed by atoms with Gasteiger partial charge in [0.25, 0.3) is 0 Å². The van der Waals surface area contributed by atoms with Crippen molar-refractivity contribution in [2.24, 2.45) is 11.8 Å². The largest absolute Gasteiger partial charge is 0.495 e. The number of allylic oxidation sites excluding steroid dienone is 1. The van der Waals surface area contributed by atoms with Crippen molar-refractivity contribution in [3.05, 3.63) is 36.4 Å². The van der Waals surface area contributed by atoms with Crippen molar-refractivity contribution in [2.75, 3.05) is 12.4 Å². The number of nitrogens with one attached hydrogen (secondary N) is 1. The molecule has 84 valence electrons. The molecule has 1 aromatic rings. The summed E-state index contributed by atoms with van der Waals surface area (Å²) in [6.45, 7) is 0. The van der Waals surface area contributed by atoms with E-state index in [0.717, 1.165) is 23.3 Å². The number of fused-ring (bicyclic) bond motifs is 1. The first kappa shape index (κ1) is 9.76. The first-order valence-electron chi connectivity index (χ1n) is 5.94. The van der Waals surface area contributed by atoms with Crippen molar-refractivity contribution >= 4 is 5.69 Å². The van der Waals surface area contributed by atoms with E-state index in [4.69, 9.17) is 4.74 Å². The summed E-state index contributed by atoms with van der Waals surface area (Å²) in [5, 5.41) is 3.59. The number of methoxy groups -OCH3 is 1. The van der Waals surface area contributed by atoms with Crippen molar-refractivity contribution in [1.29, 1.82) is 0 Å². The Hall–Kier alpha value is -1.44. The predicted octanol–water partition coefficient (Wildman–Crippen LogP) is 3.07. The number of hydrogen-bond donors (Lipinski definition) is 1. The van der Waals surface area contributed by atoms with Crippen LogP contribution in [0.2, 0.25) is 0 Å². The Labute approximate surface area is 96.3 Å². The van der Waals surface area contributed by atoms with Crippen molar-refractivity contribution in [3.63, 3.8) is 0 Å². The molecule has 0 radical (unpaired) electrons. The van der Waals surface area contributed by atoms with Gasteiger partial charge in [0.15, 0.2) is 0 Å². The number of benzene rings is 1. The fraction of sp³-hybridized carbons (Fsp3) is 0.429. The van der Waals surface area contributed by atoms with E-state index in [1.165, 1.54) is 12.8 Å². The molecule has 1 fully saturated rings. The smallest absolute Gasteiger partial charge is 0.141 e. The van der Waals surface area contributed by atoms with E-state index < -0.39 is 0 Å². The number of anilines is 1. The molecule has 2 aliphatic rings. The second-order valence-corrected chi connectivity index (χ2v) is 4.69. The second-order valence-electron chi connectivity index (χ2n) is 4.69. The molecule has 1 saturated carbocycles. The van der Waals surface area contributed by atoms with Gasteiger partial charge in [0.2, 0.25) is 0 Å². The third-order valence-electron chi connectivity index (χ3n) is 3.81. The van der Waals surface area contributed by atoms with Crippen LogP contribution in [0, 0.1) is 11.8 Å². The number of ether oxygens (including phenoxy) is 1. The number of para-hydroxylation sites is 2. The molecule has 0 aliphatic heterocycles. The average Bonchev–Trinajstić information content (AvgIpc) is 2.68. The monoisotopic (exact) mass is 215 g/mol. The van der Waals surface area contributed by atoms with Crippen LogP contribution in [-0.4, -0.2) is 13.2 Å². The molecule has 16 heavy (non-hydrogen) atoms. The van der Waals surface area contributed by atoms with Gasteiger partial charge in [-0.3, -0.25) is 0 Å². The zero-order valence-corrected chi connectivity index (χ0v) is 9.52. The lowest BCUT2D eigenvalue weighted by atomic mass is 9.71.